The maximum Gasteiger partial charge on any atom is 0.252 e. The summed E-state index contributed by atoms with van der Waals surface area (Å²) in [5.41, 5.74) is 5.61. The first kappa shape index (κ1) is 14.8. The number of hydrazone groups is 1. The Kier molecular flexibility index (Phi) is 5.69. The largest absolute Gasteiger partial charge is 0.289 e. The minimum atomic E-state index is -0.783. The maximum atomic E-state index is 11.2. The van der Waals surface area contributed by atoms with Gasteiger partial charge in [0, 0.05) is 0 Å². The van der Waals surface area contributed by atoms with Gasteiger partial charge in [0.1, 0.15) is 6.42 Å². The second-order valence-electron chi connectivity index (χ2n) is 4.33. The lowest BCUT2D eigenvalue weighted by molar-refractivity contribution is -0.134. The third-order valence-electron chi connectivity index (χ3n) is 2.43. The van der Waals surface area contributed by atoms with Crippen LogP contribution in [0.3, 0.4) is 0 Å². The number of carbonyl (C=O) groups is 2. The molecule has 0 saturated carbocycles. The molecular formula is C13H17N3O3. The van der Waals surface area contributed by atoms with Crippen molar-refractivity contribution >= 4 is 18.0 Å². The molecule has 1 aromatic carbocycles. The van der Waals surface area contributed by atoms with Crippen molar-refractivity contribution in [2.45, 2.75) is 26.2 Å². The van der Waals surface area contributed by atoms with Crippen LogP contribution in [-0.2, 0) is 9.59 Å². The number of nitrogens with one attached hydrogen (secondary N) is 2. The lowest BCUT2D eigenvalue weighted by Crippen LogP contribution is -2.27. The van der Waals surface area contributed by atoms with Gasteiger partial charge in [0.05, 0.1) is 6.21 Å². The van der Waals surface area contributed by atoms with Gasteiger partial charge >= 0.3 is 0 Å². The van der Waals surface area contributed by atoms with Gasteiger partial charge in [-0.1, -0.05) is 32.0 Å². The van der Waals surface area contributed by atoms with Gasteiger partial charge in [-0.05, 0) is 23.1 Å². The summed E-state index contributed by atoms with van der Waals surface area (Å²) in [4.78, 5) is 21.9. The predicted octanol–water partition coefficient (Wildman–Crippen LogP) is 1.16. The van der Waals surface area contributed by atoms with E-state index in [2.05, 4.69) is 24.4 Å². The fraction of sp³-hybridized carbons (Fsp3) is 0.308. The lowest BCUT2D eigenvalue weighted by Gasteiger charge is -2.05. The third kappa shape index (κ3) is 5.31. The quantitative estimate of drug-likeness (QED) is 0.322. The summed E-state index contributed by atoms with van der Waals surface area (Å²) in [5, 5.41) is 12.0. The van der Waals surface area contributed by atoms with Gasteiger partial charge in [-0.25, -0.2) is 10.9 Å². The summed E-state index contributed by atoms with van der Waals surface area (Å²) < 4.78 is 0. The molecule has 0 radical (unpaired) electrons. The van der Waals surface area contributed by atoms with E-state index in [1.807, 2.05) is 24.3 Å². The van der Waals surface area contributed by atoms with Crippen molar-refractivity contribution in [1.29, 1.82) is 0 Å². The molecule has 0 bridgehead atoms. The molecule has 0 unspecified atom stereocenters. The zero-order valence-electron chi connectivity index (χ0n) is 10.9. The Balaban J connectivity index is 2.55. The van der Waals surface area contributed by atoms with Crippen molar-refractivity contribution < 1.29 is 14.8 Å². The van der Waals surface area contributed by atoms with E-state index in [4.69, 9.17) is 5.21 Å². The summed E-state index contributed by atoms with van der Waals surface area (Å²) in [6, 6.07) is 7.77. The van der Waals surface area contributed by atoms with Gasteiger partial charge < -0.3 is 0 Å². The van der Waals surface area contributed by atoms with Crippen LogP contribution < -0.4 is 10.9 Å². The van der Waals surface area contributed by atoms with Crippen LogP contribution >= 0.6 is 0 Å². The number of hydroxylamine groups is 1. The second-order valence-corrected chi connectivity index (χ2v) is 4.33. The maximum absolute atomic E-state index is 11.2. The molecule has 0 fully saturated rings. The Morgan fingerprint density at radius 3 is 2.74 bits per heavy atom. The van der Waals surface area contributed by atoms with Crippen molar-refractivity contribution in [3.8, 4) is 0 Å². The zero-order chi connectivity index (χ0) is 14.3. The smallest absolute Gasteiger partial charge is 0.252 e. The van der Waals surface area contributed by atoms with Crippen LogP contribution in [0.15, 0.2) is 29.4 Å². The molecule has 102 valence electrons. The number of amides is 2. The number of hydrogen-bond donors (Lipinski definition) is 3. The van der Waals surface area contributed by atoms with Crippen molar-refractivity contribution in [2.24, 2.45) is 5.10 Å². The molecule has 6 nitrogen and oxygen atoms in total. The molecule has 3 N–H and O–H groups in total. The fourth-order valence-electron chi connectivity index (χ4n) is 1.40. The Hall–Kier alpha value is -2.21. The van der Waals surface area contributed by atoms with Crippen LogP contribution in [0.1, 0.15) is 37.3 Å². The summed E-state index contributed by atoms with van der Waals surface area (Å²) in [6.45, 7) is 4.18. The molecule has 2 amide bonds. The van der Waals surface area contributed by atoms with Gasteiger partial charge in [0.2, 0.25) is 5.91 Å². The molecule has 0 heterocycles. The lowest BCUT2D eigenvalue weighted by atomic mass is 10.0. The van der Waals surface area contributed by atoms with E-state index in [1.54, 1.807) is 0 Å². The van der Waals surface area contributed by atoms with Crippen LogP contribution in [0.4, 0.5) is 0 Å². The number of carbonyl (C=O) groups excluding carboxylic acids is 2. The average Bonchev–Trinajstić information content (AvgIpc) is 2.38. The summed E-state index contributed by atoms with van der Waals surface area (Å²) in [6.07, 6.45) is 1.03. The van der Waals surface area contributed by atoms with E-state index in [1.165, 1.54) is 17.3 Å². The van der Waals surface area contributed by atoms with Crippen LogP contribution in [0.25, 0.3) is 0 Å². The standard InChI is InChI=1S/C13H17N3O3/c1-9(2)11-5-3-4-10(6-11)8-14-15-12(17)7-13(18)16-19/h3-6,8-9,19H,7H2,1-2H3,(H,15,17)(H,16,18)/b14-8+. The predicted molar refractivity (Wildman–Crippen MR) is 70.8 cm³/mol. The highest BCUT2D eigenvalue weighted by atomic mass is 16.5. The average molecular weight is 263 g/mol. The Morgan fingerprint density at radius 2 is 2.11 bits per heavy atom. The van der Waals surface area contributed by atoms with Gasteiger partial charge in [-0.15, -0.1) is 0 Å². The first-order chi connectivity index (χ1) is 9.02. The number of benzene rings is 1. The van der Waals surface area contributed by atoms with Crippen LogP contribution in [0.2, 0.25) is 0 Å². The molecule has 19 heavy (non-hydrogen) atoms. The molecular weight excluding hydrogens is 246 g/mol. The van der Waals surface area contributed by atoms with Crippen LogP contribution in [-0.4, -0.2) is 23.2 Å². The molecule has 0 saturated heterocycles. The topological polar surface area (TPSA) is 90.8 Å². The van der Waals surface area contributed by atoms with Gasteiger partial charge in [-0.3, -0.25) is 14.8 Å². The molecule has 1 aromatic rings. The molecule has 0 aliphatic carbocycles. The minimum Gasteiger partial charge on any atom is -0.289 e. The van der Waals surface area contributed by atoms with E-state index < -0.39 is 18.2 Å². The molecule has 1 rings (SSSR count). The molecule has 0 aliphatic rings. The van der Waals surface area contributed by atoms with Gasteiger partial charge in [-0.2, -0.15) is 5.10 Å². The van der Waals surface area contributed by atoms with Crippen LogP contribution in [0, 0.1) is 0 Å². The minimum absolute atomic E-state index is 0.413. The van der Waals surface area contributed by atoms with Crippen molar-refractivity contribution in [3.05, 3.63) is 35.4 Å². The Bertz CT molecular complexity index is 484. The van der Waals surface area contributed by atoms with Gasteiger partial charge in [0.15, 0.2) is 0 Å². The zero-order valence-corrected chi connectivity index (χ0v) is 10.9. The molecule has 0 aliphatic heterocycles. The second kappa shape index (κ2) is 7.27. The summed E-state index contributed by atoms with van der Waals surface area (Å²) in [5.74, 6) is -0.964. The number of rotatable bonds is 5. The number of hydrogen-bond acceptors (Lipinski definition) is 4. The number of nitrogens with zero attached hydrogens (tertiary/aromatic N) is 1. The summed E-state index contributed by atoms with van der Waals surface area (Å²) in [7, 11) is 0. The van der Waals surface area contributed by atoms with E-state index >= 15 is 0 Å². The van der Waals surface area contributed by atoms with Crippen molar-refractivity contribution in [2.75, 3.05) is 0 Å². The SMILES string of the molecule is CC(C)c1cccc(/C=N/NC(=O)CC(=O)NO)c1. The Morgan fingerprint density at radius 1 is 1.37 bits per heavy atom. The van der Waals surface area contributed by atoms with Gasteiger partial charge in [0.25, 0.3) is 5.91 Å². The van der Waals surface area contributed by atoms with Crippen molar-refractivity contribution in [3.63, 3.8) is 0 Å². The summed E-state index contributed by atoms with van der Waals surface area (Å²) >= 11 is 0. The molecule has 6 heteroatoms. The highest BCUT2D eigenvalue weighted by Gasteiger charge is 2.06. The van der Waals surface area contributed by atoms with Crippen LogP contribution in [0.5, 0.6) is 0 Å². The van der Waals surface area contributed by atoms with E-state index in [9.17, 15) is 9.59 Å². The first-order valence-corrected chi connectivity index (χ1v) is 5.87. The monoisotopic (exact) mass is 263 g/mol. The van der Waals surface area contributed by atoms with Crippen molar-refractivity contribution in [1.82, 2.24) is 10.9 Å². The molecule has 0 spiro atoms. The van der Waals surface area contributed by atoms with E-state index in [-0.39, 0.29) is 0 Å². The fourth-order valence-corrected chi connectivity index (χ4v) is 1.40. The van der Waals surface area contributed by atoms with E-state index in [0.29, 0.717) is 5.92 Å². The highest BCUT2D eigenvalue weighted by Crippen LogP contribution is 2.14. The van der Waals surface area contributed by atoms with E-state index in [0.717, 1.165) is 5.56 Å². The Labute approximate surface area is 111 Å². The first-order valence-electron chi connectivity index (χ1n) is 5.87. The molecule has 0 atom stereocenters. The third-order valence-corrected chi connectivity index (χ3v) is 2.43. The normalized spacial score (nSPS) is 10.7. The highest BCUT2D eigenvalue weighted by molar-refractivity contribution is 5.96. The molecule has 0 aromatic heterocycles.